The molecule has 2 rings (SSSR count). The van der Waals surface area contributed by atoms with Crippen LogP contribution in [0.5, 0.6) is 5.75 Å². The molecule has 0 radical (unpaired) electrons. The number of sulfonamides is 1. The Labute approximate surface area is 146 Å². The van der Waals surface area contributed by atoms with E-state index in [4.69, 9.17) is 9.94 Å². The van der Waals surface area contributed by atoms with Gasteiger partial charge in [0.25, 0.3) is 10.0 Å². The van der Waals surface area contributed by atoms with E-state index in [9.17, 15) is 13.2 Å². The molecule has 0 unspecified atom stereocenters. The Kier molecular flexibility index (Phi) is 6.37. The van der Waals surface area contributed by atoms with Crippen molar-refractivity contribution in [1.29, 1.82) is 0 Å². The molecule has 0 fully saturated rings. The van der Waals surface area contributed by atoms with E-state index in [2.05, 4.69) is 5.32 Å². The van der Waals surface area contributed by atoms with Gasteiger partial charge in [-0.05, 0) is 41.6 Å². The maximum atomic E-state index is 12.6. The fraction of sp³-hybridized carbons (Fsp3) is 0.235. The lowest BCUT2D eigenvalue weighted by atomic mass is 10.2. The predicted molar refractivity (Wildman–Crippen MR) is 94.2 cm³/mol. The van der Waals surface area contributed by atoms with Gasteiger partial charge in [0.1, 0.15) is 10.6 Å². The maximum absolute atomic E-state index is 12.6. The molecule has 0 aliphatic heterocycles. The summed E-state index contributed by atoms with van der Waals surface area (Å²) in [5.74, 6) is -0.888. The van der Waals surface area contributed by atoms with E-state index in [-0.39, 0.29) is 10.5 Å². The first-order valence-electron chi connectivity index (χ1n) is 7.79. The van der Waals surface area contributed by atoms with Gasteiger partial charge in [-0.25, -0.2) is 13.2 Å². The lowest BCUT2D eigenvalue weighted by molar-refractivity contribution is 0.0696. The van der Waals surface area contributed by atoms with Crippen LogP contribution in [-0.4, -0.2) is 26.0 Å². The summed E-state index contributed by atoms with van der Waals surface area (Å²) in [5.41, 5.74) is 0.198. The van der Waals surface area contributed by atoms with Gasteiger partial charge < -0.3 is 15.3 Å². The van der Waals surface area contributed by atoms with Crippen LogP contribution in [0.4, 0.5) is 5.69 Å². The highest BCUT2D eigenvalue weighted by molar-refractivity contribution is 7.89. The molecule has 0 saturated carbocycles. The molecule has 25 heavy (non-hydrogen) atoms. The van der Waals surface area contributed by atoms with Crippen molar-refractivity contribution in [3.63, 3.8) is 0 Å². The van der Waals surface area contributed by atoms with Crippen LogP contribution in [0.25, 0.3) is 0 Å². The first kappa shape index (κ1) is 18.8. The minimum atomic E-state index is -4.08. The molecule has 0 atom stereocenters. The molecule has 0 amide bonds. The van der Waals surface area contributed by atoms with Crippen molar-refractivity contribution in [2.75, 3.05) is 11.9 Å². The minimum Gasteiger partial charge on any atom is -0.478 e. The molecule has 7 nitrogen and oxygen atoms in total. The van der Waals surface area contributed by atoms with Crippen molar-refractivity contribution in [2.45, 2.75) is 24.7 Å². The second-order valence-corrected chi connectivity index (χ2v) is 6.91. The summed E-state index contributed by atoms with van der Waals surface area (Å²) in [6, 6.07) is 12.3. The van der Waals surface area contributed by atoms with Crippen LogP contribution in [0, 0.1) is 0 Å². The van der Waals surface area contributed by atoms with Gasteiger partial charge in [-0.3, -0.25) is 0 Å². The van der Waals surface area contributed by atoms with E-state index in [0.29, 0.717) is 18.0 Å². The van der Waals surface area contributed by atoms with E-state index in [1.54, 1.807) is 30.3 Å². The number of hydrogen-bond donors (Lipinski definition) is 3. The fourth-order valence-corrected chi connectivity index (χ4v) is 3.07. The largest absolute Gasteiger partial charge is 0.478 e. The normalized spacial score (nSPS) is 11.1. The highest BCUT2D eigenvalue weighted by Crippen LogP contribution is 2.23. The third kappa shape index (κ3) is 5.20. The number of carboxylic acids is 1. The highest BCUT2D eigenvalue weighted by Gasteiger charge is 2.21. The van der Waals surface area contributed by atoms with Gasteiger partial charge in [0.2, 0.25) is 0 Å². The van der Waals surface area contributed by atoms with Crippen molar-refractivity contribution in [3.8, 4) is 5.75 Å². The quantitative estimate of drug-likeness (QED) is 0.467. The first-order valence-corrected chi connectivity index (χ1v) is 9.27. The topological polar surface area (TPSA) is 105 Å². The summed E-state index contributed by atoms with van der Waals surface area (Å²) in [7, 11) is -4.08. The number of aromatic carboxylic acids is 1. The second-order valence-electron chi connectivity index (χ2n) is 5.30. The summed E-state index contributed by atoms with van der Waals surface area (Å²) in [5, 5.41) is 12.1. The van der Waals surface area contributed by atoms with E-state index < -0.39 is 16.0 Å². The molecule has 0 heterocycles. The van der Waals surface area contributed by atoms with Crippen LogP contribution >= 0.6 is 0 Å². The lowest BCUT2D eigenvalue weighted by Crippen LogP contribution is -2.28. The van der Waals surface area contributed by atoms with E-state index in [1.165, 1.54) is 12.1 Å². The predicted octanol–water partition coefficient (Wildman–Crippen LogP) is 2.87. The van der Waals surface area contributed by atoms with Crippen LogP contribution in [-0.2, 0) is 10.0 Å². The minimum absolute atomic E-state index is 0.124. The molecule has 0 aromatic heterocycles. The number of unbranched alkanes of at least 4 members (excludes halogenated alkanes) is 1. The molecule has 3 N–H and O–H groups in total. The lowest BCUT2D eigenvalue weighted by Gasteiger charge is -2.14. The zero-order chi connectivity index (χ0) is 18.3. The molecule has 0 bridgehead atoms. The monoisotopic (exact) mass is 364 g/mol. The molecular weight excluding hydrogens is 344 g/mol. The standard InChI is InChI=1S/C17H20N2O5S/c1-2-3-11-18-15-10-9-13(17(20)21)12-16(15)25(22,23)19-24-14-7-5-4-6-8-14/h4-10,12,18-19H,2-3,11H2,1H3,(H,20,21). The third-order valence-corrected chi connectivity index (χ3v) is 4.60. The van der Waals surface area contributed by atoms with Crippen molar-refractivity contribution >= 4 is 21.7 Å². The average Bonchev–Trinajstić information content (AvgIpc) is 2.61. The fourth-order valence-electron chi connectivity index (χ4n) is 2.06. The van der Waals surface area contributed by atoms with Gasteiger partial charge in [0.15, 0.2) is 0 Å². The summed E-state index contributed by atoms with van der Waals surface area (Å²) < 4.78 is 25.1. The number of anilines is 1. The number of benzene rings is 2. The average molecular weight is 364 g/mol. The van der Waals surface area contributed by atoms with Crippen molar-refractivity contribution in [1.82, 2.24) is 4.89 Å². The van der Waals surface area contributed by atoms with E-state index >= 15 is 0 Å². The maximum Gasteiger partial charge on any atom is 0.335 e. The molecule has 0 spiro atoms. The van der Waals surface area contributed by atoms with Crippen LogP contribution < -0.4 is 15.0 Å². The molecule has 0 aliphatic carbocycles. The number of nitrogens with one attached hydrogen (secondary N) is 2. The van der Waals surface area contributed by atoms with Crippen LogP contribution in [0.3, 0.4) is 0 Å². The summed E-state index contributed by atoms with van der Waals surface area (Å²) in [6.07, 6.45) is 1.80. The Morgan fingerprint density at radius 1 is 1.16 bits per heavy atom. The van der Waals surface area contributed by atoms with Gasteiger partial charge >= 0.3 is 5.97 Å². The van der Waals surface area contributed by atoms with Crippen molar-refractivity contribution < 1.29 is 23.2 Å². The number of carbonyl (C=O) groups is 1. The van der Waals surface area contributed by atoms with Gasteiger partial charge in [-0.1, -0.05) is 31.5 Å². The summed E-state index contributed by atoms with van der Waals surface area (Å²) in [4.78, 5) is 18.1. The Bertz CT molecular complexity index is 822. The molecule has 0 saturated heterocycles. The molecule has 134 valence electrons. The molecule has 0 aliphatic rings. The van der Waals surface area contributed by atoms with Gasteiger partial charge in [0.05, 0.1) is 11.3 Å². The van der Waals surface area contributed by atoms with Crippen molar-refractivity contribution in [3.05, 3.63) is 54.1 Å². The zero-order valence-electron chi connectivity index (χ0n) is 13.7. The Morgan fingerprint density at radius 3 is 2.52 bits per heavy atom. The van der Waals surface area contributed by atoms with Crippen LogP contribution in [0.15, 0.2) is 53.4 Å². The SMILES string of the molecule is CCCCNc1ccc(C(=O)O)cc1S(=O)(=O)NOc1ccccc1. The summed E-state index contributed by atoms with van der Waals surface area (Å²) in [6.45, 7) is 2.59. The number of carboxylic acid groups (broad SMARTS) is 1. The van der Waals surface area contributed by atoms with Gasteiger partial charge in [-0.2, -0.15) is 0 Å². The highest BCUT2D eigenvalue weighted by atomic mass is 32.2. The molecule has 2 aromatic rings. The van der Waals surface area contributed by atoms with E-state index in [0.717, 1.165) is 18.9 Å². The molecule has 8 heteroatoms. The first-order chi connectivity index (χ1) is 11.9. The number of rotatable bonds is 9. The Balaban J connectivity index is 2.28. The van der Waals surface area contributed by atoms with Crippen LogP contribution in [0.2, 0.25) is 0 Å². The van der Waals surface area contributed by atoms with E-state index in [1.807, 2.05) is 11.8 Å². The van der Waals surface area contributed by atoms with Gasteiger partial charge in [-0.15, -0.1) is 0 Å². The number of para-hydroxylation sites is 1. The molecular formula is C17H20N2O5S. The van der Waals surface area contributed by atoms with Gasteiger partial charge in [0, 0.05) is 6.54 Å². The second kappa shape index (κ2) is 8.50. The smallest absolute Gasteiger partial charge is 0.335 e. The molecule has 2 aromatic carbocycles. The summed E-state index contributed by atoms with van der Waals surface area (Å²) >= 11 is 0. The van der Waals surface area contributed by atoms with Crippen molar-refractivity contribution in [2.24, 2.45) is 0 Å². The number of hydrogen-bond acceptors (Lipinski definition) is 5. The third-order valence-electron chi connectivity index (χ3n) is 3.38. The Hall–Kier alpha value is -2.58. The van der Waals surface area contributed by atoms with Crippen LogP contribution in [0.1, 0.15) is 30.1 Å². The zero-order valence-corrected chi connectivity index (χ0v) is 14.5. The Morgan fingerprint density at radius 2 is 1.88 bits per heavy atom.